The molecule has 0 aliphatic carbocycles. The molecule has 2 aromatic carbocycles. The van der Waals surface area contributed by atoms with Crippen molar-refractivity contribution >= 4 is 23.5 Å². The minimum atomic E-state index is -1.07. The number of esters is 2. The smallest absolute Gasteiger partial charge is 0.310 e. The van der Waals surface area contributed by atoms with Crippen LogP contribution in [0, 0.1) is 5.41 Å². The highest BCUT2D eigenvalue weighted by Gasteiger charge is 2.50. The molecule has 0 saturated carbocycles. The van der Waals surface area contributed by atoms with Crippen molar-refractivity contribution in [2.45, 2.75) is 46.6 Å². The summed E-state index contributed by atoms with van der Waals surface area (Å²) in [4.78, 5) is 40.6. The Morgan fingerprint density at radius 3 is 2.14 bits per heavy atom. The van der Waals surface area contributed by atoms with Crippen molar-refractivity contribution in [1.82, 2.24) is 4.90 Å². The zero-order valence-electron chi connectivity index (χ0n) is 20.8. The lowest BCUT2D eigenvalue weighted by Gasteiger charge is -2.27. The maximum absolute atomic E-state index is 14.0. The first kappa shape index (κ1) is 26.0. The summed E-state index contributed by atoms with van der Waals surface area (Å²) in [7, 11) is 1.59. The molecular formula is C28H33NO6. The number of carbonyl (C=O) groups is 3. The van der Waals surface area contributed by atoms with Crippen molar-refractivity contribution in [3.63, 3.8) is 0 Å². The zero-order chi connectivity index (χ0) is 25.4. The standard InChI is InChI=1S/C28H33NO6/c1-5-34-24(30)16-17-28(3)23(18-25(31)35-6-2)26(21-12-14-22(33-4)15-13-21)29(27(28)32)19-20-10-8-7-9-11-20/h7-15H,5-6,16-19H2,1-4H3. The molecule has 1 unspecified atom stereocenters. The van der Waals surface area contributed by atoms with Crippen molar-refractivity contribution in [3.05, 3.63) is 71.3 Å². The van der Waals surface area contributed by atoms with Gasteiger partial charge >= 0.3 is 11.9 Å². The number of methoxy groups -OCH3 is 1. The van der Waals surface area contributed by atoms with Crippen LogP contribution in [0.5, 0.6) is 5.75 Å². The number of benzene rings is 2. The molecule has 1 aliphatic rings. The molecule has 3 rings (SSSR count). The minimum Gasteiger partial charge on any atom is -0.497 e. The topological polar surface area (TPSA) is 82.1 Å². The Bertz CT molecular complexity index is 1080. The van der Waals surface area contributed by atoms with Gasteiger partial charge in [0, 0.05) is 6.42 Å². The molecular weight excluding hydrogens is 446 g/mol. The van der Waals surface area contributed by atoms with Gasteiger partial charge in [-0.05, 0) is 68.2 Å². The zero-order valence-corrected chi connectivity index (χ0v) is 20.8. The molecule has 1 atom stereocenters. The number of rotatable bonds is 11. The summed E-state index contributed by atoms with van der Waals surface area (Å²) in [6, 6.07) is 17.1. The van der Waals surface area contributed by atoms with Gasteiger partial charge in [-0.1, -0.05) is 30.3 Å². The molecule has 0 aromatic heterocycles. The van der Waals surface area contributed by atoms with Gasteiger partial charge < -0.3 is 19.1 Å². The molecule has 0 radical (unpaired) electrons. The van der Waals surface area contributed by atoms with Crippen LogP contribution in [0.4, 0.5) is 0 Å². The van der Waals surface area contributed by atoms with E-state index in [4.69, 9.17) is 14.2 Å². The summed E-state index contributed by atoms with van der Waals surface area (Å²) in [6.07, 6.45) is 0.243. The molecule has 1 heterocycles. The predicted octanol–water partition coefficient (Wildman–Crippen LogP) is 4.75. The average Bonchev–Trinajstić information content (AvgIpc) is 3.05. The van der Waals surface area contributed by atoms with Gasteiger partial charge in [-0.25, -0.2) is 0 Å². The fourth-order valence-corrected chi connectivity index (χ4v) is 4.43. The maximum atomic E-state index is 14.0. The van der Waals surface area contributed by atoms with E-state index in [1.807, 2.05) is 54.6 Å². The van der Waals surface area contributed by atoms with Gasteiger partial charge in [-0.15, -0.1) is 0 Å². The Morgan fingerprint density at radius 2 is 1.54 bits per heavy atom. The largest absolute Gasteiger partial charge is 0.497 e. The SMILES string of the molecule is CCOC(=O)CCC1(C)C(=O)N(Cc2ccccc2)C(c2ccc(OC)cc2)=C1CC(=O)OCC. The number of nitrogens with zero attached hydrogens (tertiary/aromatic N) is 1. The minimum absolute atomic E-state index is 0.0500. The van der Waals surface area contributed by atoms with Crippen LogP contribution in [0.2, 0.25) is 0 Å². The number of amides is 1. The molecule has 0 N–H and O–H groups in total. The first-order valence-electron chi connectivity index (χ1n) is 11.9. The van der Waals surface area contributed by atoms with Crippen LogP contribution in [0.3, 0.4) is 0 Å². The monoisotopic (exact) mass is 479 g/mol. The van der Waals surface area contributed by atoms with Crippen LogP contribution in [-0.4, -0.2) is 43.1 Å². The van der Waals surface area contributed by atoms with Crippen LogP contribution in [0.1, 0.15) is 51.2 Å². The molecule has 186 valence electrons. The second-order valence-electron chi connectivity index (χ2n) is 8.55. The van der Waals surface area contributed by atoms with Crippen LogP contribution < -0.4 is 4.74 Å². The second-order valence-corrected chi connectivity index (χ2v) is 8.55. The van der Waals surface area contributed by atoms with Crippen LogP contribution in [0.15, 0.2) is 60.2 Å². The normalized spacial score (nSPS) is 17.5. The highest BCUT2D eigenvalue weighted by Crippen LogP contribution is 2.49. The number of hydrogen-bond acceptors (Lipinski definition) is 6. The quantitative estimate of drug-likeness (QED) is 0.433. The summed E-state index contributed by atoms with van der Waals surface area (Å²) >= 11 is 0. The Morgan fingerprint density at radius 1 is 0.914 bits per heavy atom. The third-order valence-corrected chi connectivity index (χ3v) is 6.25. The average molecular weight is 480 g/mol. The van der Waals surface area contributed by atoms with Gasteiger partial charge in [0.15, 0.2) is 0 Å². The molecule has 0 bridgehead atoms. The summed E-state index contributed by atoms with van der Waals surface area (Å²) in [5, 5.41) is 0. The highest BCUT2D eigenvalue weighted by molar-refractivity contribution is 6.02. The number of hydrogen-bond donors (Lipinski definition) is 0. The van der Waals surface area contributed by atoms with Gasteiger partial charge in [0.2, 0.25) is 5.91 Å². The molecule has 1 amide bonds. The molecule has 0 saturated heterocycles. The fourth-order valence-electron chi connectivity index (χ4n) is 4.43. The van der Waals surface area contributed by atoms with Crippen molar-refractivity contribution in [2.75, 3.05) is 20.3 Å². The highest BCUT2D eigenvalue weighted by atomic mass is 16.5. The Kier molecular flexibility index (Phi) is 8.68. The lowest BCUT2D eigenvalue weighted by molar-refractivity contribution is -0.144. The van der Waals surface area contributed by atoms with E-state index in [0.29, 0.717) is 23.6 Å². The van der Waals surface area contributed by atoms with Gasteiger partial charge in [-0.2, -0.15) is 0 Å². The van der Waals surface area contributed by atoms with Gasteiger partial charge in [-0.3, -0.25) is 14.4 Å². The predicted molar refractivity (Wildman–Crippen MR) is 132 cm³/mol. The van der Waals surface area contributed by atoms with Crippen LogP contribution in [-0.2, 0) is 30.4 Å². The molecule has 0 spiro atoms. The third-order valence-electron chi connectivity index (χ3n) is 6.25. The van der Waals surface area contributed by atoms with Gasteiger partial charge in [0.05, 0.1) is 44.4 Å². The van der Waals surface area contributed by atoms with E-state index in [1.54, 1.807) is 32.8 Å². The van der Waals surface area contributed by atoms with Crippen molar-refractivity contribution in [2.24, 2.45) is 5.41 Å². The Hall–Kier alpha value is -3.61. The molecule has 35 heavy (non-hydrogen) atoms. The Balaban J connectivity index is 2.13. The van der Waals surface area contributed by atoms with Crippen molar-refractivity contribution < 1.29 is 28.6 Å². The van der Waals surface area contributed by atoms with E-state index in [0.717, 1.165) is 11.1 Å². The van der Waals surface area contributed by atoms with Gasteiger partial charge in [0.25, 0.3) is 0 Å². The summed E-state index contributed by atoms with van der Waals surface area (Å²) < 4.78 is 15.7. The molecule has 0 fully saturated rings. The first-order valence-corrected chi connectivity index (χ1v) is 11.9. The van der Waals surface area contributed by atoms with E-state index in [-0.39, 0.29) is 44.4 Å². The van der Waals surface area contributed by atoms with Crippen molar-refractivity contribution in [3.8, 4) is 5.75 Å². The molecule has 2 aromatic rings. The second kappa shape index (κ2) is 11.7. The summed E-state index contributed by atoms with van der Waals surface area (Å²) in [5.74, 6) is -0.254. The molecule has 7 heteroatoms. The number of ether oxygens (including phenoxy) is 3. The Labute approximate surface area is 206 Å². The number of carbonyl (C=O) groups excluding carboxylic acids is 3. The molecule has 7 nitrogen and oxygen atoms in total. The van der Waals surface area contributed by atoms with Crippen molar-refractivity contribution in [1.29, 1.82) is 0 Å². The summed E-state index contributed by atoms with van der Waals surface area (Å²) in [5.41, 5.74) is 1.99. The first-order chi connectivity index (χ1) is 16.8. The maximum Gasteiger partial charge on any atom is 0.310 e. The lowest BCUT2D eigenvalue weighted by Crippen LogP contribution is -2.35. The summed E-state index contributed by atoms with van der Waals surface area (Å²) in [6.45, 7) is 6.14. The lowest BCUT2D eigenvalue weighted by atomic mass is 9.77. The fraction of sp³-hybridized carbons (Fsp3) is 0.393. The van der Waals surface area contributed by atoms with Crippen LogP contribution >= 0.6 is 0 Å². The molecule has 1 aliphatic heterocycles. The van der Waals surface area contributed by atoms with Gasteiger partial charge in [0.1, 0.15) is 5.75 Å². The third kappa shape index (κ3) is 5.91. The van der Waals surface area contributed by atoms with E-state index in [9.17, 15) is 14.4 Å². The van der Waals surface area contributed by atoms with E-state index < -0.39 is 11.4 Å². The van der Waals surface area contributed by atoms with E-state index in [2.05, 4.69) is 0 Å². The van der Waals surface area contributed by atoms with Crippen LogP contribution in [0.25, 0.3) is 5.70 Å². The van der Waals surface area contributed by atoms with E-state index in [1.165, 1.54) is 0 Å². The van der Waals surface area contributed by atoms with E-state index >= 15 is 0 Å².